The maximum absolute atomic E-state index is 6.22. The quantitative estimate of drug-likeness (QED) is 0.558. The van der Waals surface area contributed by atoms with Crippen molar-refractivity contribution >= 4 is 0 Å². The molecule has 5 heteroatoms. The van der Waals surface area contributed by atoms with E-state index < -0.39 is 0 Å². The van der Waals surface area contributed by atoms with Crippen molar-refractivity contribution in [2.45, 2.75) is 38.3 Å². The van der Waals surface area contributed by atoms with Gasteiger partial charge in [-0.05, 0) is 30.4 Å². The number of hydrogen-bond donors (Lipinski definition) is 1. The van der Waals surface area contributed by atoms with Gasteiger partial charge < -0.3 is 24.5 Å². The first kappa shape index (κ1) is 16.5. The van der Waals surface area contributed by atoms with Crippen molar-refractivity contribution < 1.29 is 14.2 Å². The molecule has 2 N–H and O–H groups in total. The minimum Gasteiger partial charge on any atom is -0.382 e. The van der Waals surface area contributed by atoms with Crippen molar-refractivity contribution in [1.29, 1.82) is 0 Å². The Morgan fingerprint density at radius 1 is 1.10 bits per heavy atom. The predicted molar refractivity (Wildman–Crippen MR) is 82.4 cm³/mol. The number of nitrogens with zero attached hydrogens (tertiary/aromatic N) is 1. The van der Waals surface area contributed by atoms with Gasteiger partial charge in [-0.2, -0.15) is 0 Å². The molecule has 0 spiro atoms. The van der Waals surface area contributed by atoms with Crippen molar-refractivity contribution in [3.63, 3.8) is 0 Å². The Balaban J connectivity index is 1.64. The Bertz CT molecular complexity index is 406. The van der Waals surface area contributed by atoms with E-state index in [2.05, 4.69) is 17.0 Å². The summed E-state index contributed by atoms with van der Waals surface area (Å²) in [4.78, 5) is 0. The number of methoxy groups -OCH3 is 1. The fraction of sp³-hybridized carbons (Fsp3) is 0.750. The molecule has 21 heavy (non-hydrogen) atoms. The van der Waals surface area contributed by atoms with Crippen LogP contribution >= 0.6 is 0 Å². The number of aryl methyl sites for hydroxylation is 1. The third kappa shape index (κ3) is 5.43. The van der Waals surface area contributed by atoms with E-state index >= 15 is 0 Å². The average Bonchev–Trinajstić information content (AvgIpc) is 2.82. The number of nitrogens with two attached hydrogens (primary N) is 1. The minimum atomic E-state index is 0.207. The molecule has 0 aromatic carbocycles. The lowest BCUT2D eigenvalue weighted by Crippen LogP contribution is -2.11. The van der Waals surface area contributed by atoms with Gasteiger partial charge in [0.1, 0.15) is 0 Å². The molecule has 1 atom stereocenters. The molecule has 0 saturated carbocycles. The molecule has 1 aromatic heterocycles. The van der Waals surface area contributed by atoms with Crippen molar-refractivity contribution in [2.75, 3.05) is 40.1 Å². The van der Waals surface area contributed by atoms with Crippen LogP contribution in [0, 0.1) is 0 Å². The summed E-state index contributed by atoms with van der Waals surface area (Å²) >= 11 is 0. The lowest BCUT2D eigenvalue weighted by atomic mass is 10.1. The number of hydrogen-bond acceptors (Lipinski definition) is 4. The molecule has 120 valence electrons. The summed E-state index contributed by atoms with van der Waals surface area (Å²) in [6, 6.07) is 0.207. The van der Waals surface area contributed by atoms with E-state index in [1.165, 1.54) is 24.0 Å². The number of fused-ring (bicyclic) bond motifs is 1. The van der Waals surface area contributed by atoms with Crippen molar-refractivity contribution in [3.05, 3.63) is 23.5 Å². The molecule has 1 unspecified atom stereocenters. The smallest absolute Gasteiger partial charge is 0.0701 e. The van der Waals surface area contributed by atoms with Gasteiger partial charge in [-0.15, -0.1) is 0 Å². The van der Waals surface area contributed by atoms with Gasteiger partial charge in [-0.1, -0.05) is 6.42 Å². The molecule has 0 radical (unpaired) electrons. The van der Waals surface area contributed by atoms with E-state index in [4.69, 9.17) is 19.9 Å². The Hall–Kier alpha value is -0.880. The normalized spacial score (nSPS) is 18.5. The second-order valence-electron chi connectivity index (χ2n) is 5.55. The maximum Gasteiger partial charge on any atom is 0.0701 e. The second kappa shape index (κ2) is 9.20. The standard InChI is InChI=1S/C16H28N2O3/c1-19-8-9-21-11-10-20-7-6-18-12-14-4-2-3-5-16(17)15(14)13-18/h12-13,16H,2-11,17H2,1H3. The van der Waals surface area contributed by atoms with E-state index in [0.29, 0.717) is 33.0 Å². The van der Waals surface area contributed by atoms with Gasteiger partial charge in [0, 0.05) is 32.1 Å². The van der Waals surface area contributed by atoms with Crippen molar-refractivity contribution in [1.82, 2.24) is 4.57 Å². The Labute approximate surface area is 127 Å². The molecule has 0 saturated heterocycles. The van der Waals surface area contributed by atoms with Gasteiger partial charge in [-0.3, -0.25) is 0 Å². The molecule has 1 heterocycles. The van der Waals surface area contributed by atoms with Gasteiger partial charge >= 0.3 is 0 Å². The van der Waals surface area contributed by atoms with Crippen LogP contribution in [0.25, 0.3) is 0 Å². The highest BCUT2D eigenvalue weighted by Gasteiger charge is 2.17. The van der Waals surface area contributed by atoms with Crippen LogP contribution in [0.2, 0.25) is 0 Å². The molecule has 0 amide bonds. The number of ether oxygens (including phenoxy) is 3. The lowest BCUT2D eigenvalue weighted by molar-refractivity contribution is 0.0230. The van der Waals surface area contributed by atoms with E-state index in [-0.39, 0.29) is 6.04 Å². The first-order chi connectivity index (χ1) is 10.3. The summed E-state index contributed by atoms with van der Waals surface area (Å²) in [6.45, 7) is 4.09. The number of rotatable bonds is 9. The zero-order valence-corrected chi connectivity index (χ0v) is 13.1. The van der Waals surface area contributed by atoms with E-state index in [1.807, 2.05) is 0 Å². The van der Waals surface area contributed by atoms with Gasteiger partial charge in [0.25, 0.3) is 0 Å². The van der Waals surface area contributed by atoms with E-state index in [0.717, 1.165) is 19.4 Å². The zero-order valence-electron chi connectivity index (χ0n) is 13.1. The Kier molecular flexibility index (Phi) is 7.23. The highest BCUT2D eigenvalue weighted by Crippen LogP contribution is 2.27. The third-order valence-corrected chi connectivity index (χ3v) is 3.91. The summed E-state index contributed by atoms with van der Waals surface area (Å²) in [5.41, 5.74) is 8.97. The Morgan fingerprint density at radius 3 is 2.67 bits per heavy atom. The SMILES string of the molecule is COCCOCCOCCn1cc2c(c1)C(N)CCCC2. The second-order valence-corrected chi connectivity index (χ2v) is 5.55. The summed E-state index contributed by atoms with van der Waals surface area (Å²) in [6.07, 6.45) is 9.18. The molecule has 0 bridgehead atoms. The first-order valence-electron chi connectivity index (χ1n) is 7.90. The highest BCUT2D eigenvalue weighted by molar-refractivity contribution is 5.28. The van der Waals surface area contributed by atoms with Crippen LogP contribution in [-0.4, -0.2) is 44.7 Å². The zero-order chi connectivity index (χ0) is 14.9. The van der Waals surface area contributed by atoms with E-state index in [1.54, 1.807) is 7.11 Å². The molecule has 2 rings (SSSR count). The van der Waals surface area contributed by atoms with Crippen molar-refractivity contribution in [2.24, 2.45) is 5.73 Å². The molecule has 5 nitrogen and oxygen atoms in total. The molecular formula is C16H28N2O3. The highest BCUT2D eigenvalue weighted by atomic mass is 16.5. The molecule has 0 aliphatic heterocycles. The average molecular weight is 296 g/mol. The molecule has 0 fully saturated rings. The van der Waals surface area contributed by atoms with Crippen LogP contribution in [0.15, 0.2) is 12.4 Å². The van der Waals surface area contributed by atoms with Crippen LogP contribution in [0.3, 0.4) is 0 Å². The van der Waals surface area contributed by atoms with Gasteiger partial charge in [0.15, 0.2) is 0 Å². The fourth-order valence-electron chi connectivity index (χ4n) is 2.71. The predicted octanol–water partition coefficient (Wildman–Crippen LogP) is 1.89. The van der Waals surface area contributed by atoms with Gasteiger partial charge in [0.2, 0.25) is 0 Å². The molecule has 1 aliphatic carbocycles. The van der Waals surface area contributed by atoms with Crippen LogP contribution < -0.4 is 5.73 Å². The Morgan fingerprint density at radius 2 is 1.86 bits per heavy atom. The largest absolute Gasteiger partial charge is 0.382 e. The monoisotopic (exact) mass is 296 g/mol. The number of aromatic nitrogens is 1. The van der Waals surface area contributed by atoms with Crippen LogP contribution in [0.1, 0.15) is 36.4 Å². The third-order valence-electron chi connectivity index (χ3n) is 3.91. The van der Waals surface area contributed by atoms with Crippen LogP contribution in [0.4, 0.5) is 0 Å². The minimum absolute atomic E-state index is 0.207. The van der Waals surface area contributed by atoms with Crippen molar-refractivity contribution in [3.8, 4) is 0 Å². The van der Waals surface area contributed by atoms with Gasteiger partial charge in [0.05, 0.1) is 33.0 Å². The lowest BCUT2D eigenvalue weighted by Gasteiger charge is -2.08. The molecule has 1 aromatic rings. The summed E-state index contributed by atoms with van der Waals surface area (Å²) < 4.78 is 18.0. The molecular weight excluding hydrogens is 268 g/mol. The molecule has 1 aliphatic rings. The topological polar surface area (TPSA) is 58.6 Å². The maximum atomic E-state index is 6.22. The van der Waals surface area contributed by atoms with Crippen LogP contribution in [0.5, 0.6) is 0 Å². The summed E-state index contributed by atoms with van der Waals surface area (Å²) in [5.74, 6) is 0. The summed E-state index contributed by atoms with van der Waals surface area (Å²) in [5, 5.41) is 0. The first-order valence-corrected chi connectivity index (χ1v) is 7.90. The van der Waals surface area contributed by atoms with Crippen LogP contribution in [-0.2, 0) is 27.2 Å². The fourth-order valence-corrected chi connectivity index (χ4v) is 2.71. The summed E-state index contributed by atoms with van der Waals surface area (Å²) in [7, 11) is 1.67. The van der Waals surface area contributed by atoms with E-state index in [9.17, 15) is 0 Å². The van der Waals surface area contributed by atoms with Gasteiger partial charge in [-0.25, -0.2) is 0 Å².